The van der Waals surface area contributed by atoms with Gasteiger partial charge in [-0.2, -0.15) is 0 Å². The smallest absolute Gasteiger partial charge is 0.253 e. The van der Waals surface area contributed by atoms with E-state index in [4.69, 9.17) is 14.7 Å². The number of aromatic nitrogens is 3. The molecule has 0 radical (unpaired) electrons. The zero-order valence-corrected chi connectivity index (χ0v) is 20.4. The minimum Gasteiger partial charge on any atom is -0.378 e. The van der Waals surface area contributed by atoms with E-state index in [1.165, 1.54) is 5.69 Å². The van der Waals surface area contributed by atoms with Crippen molar-refractivity contribution >= 4 is 28.4 Å². The zero-order valence-electron chi connectivity index (χ0n) is 20.4. The van der Waals surface area contributed by atoms with Crippen molar-refractivity contribution in [2.45, 2.75) is 32.7 Å². The standard InChI is InChI=1S/C26H32N6O2/c1-17-12-20(13-18(2)28-17)32-7-5-6-23(32)21-14-19(26(33)30(3)4)15-22-25(21)29-24(16-27-22)31-8-10-34-11-9-31/h12-16,23H,5-11H2,1-4H3. The molecule has 8 heteroatoms. The van der Waals surface area contributed by atoms with Gasteiger partial charge in [-0.25, -0.2) is 4.98 Å². The summed E-state index contributed by atoms with van der Waals surface area (Å²) < 4.78 is 5.52. The quantitative estimate of drug-likeness (QED) is 0.590. The molecule has 0 aliphatic carbocycles. The predicted octanol–water partition coefficient (Wildman–Crippen LogP) is 3.52. The molecule has 1 amide bonds. The second-order valence-corrected chi connectivity index (χ2v) is 9.42. The van der Waals surface area contributed by atoms with Crippen LogP contribution >= 0.6 is 0 Å². The Bertz CT molecular complexity index is 1200. The van der Waals surface area contributed by atoms with Crippen LogP contribution < -0.4 is 9.80 Å². The third-order valence-electron chi connectivity index (χ3n) is 6.66. The van der Waals surface area contributed by atoms with Gasteiger partial charge in [0.25, 0.3) is 5.91 Å². The molecule has 2 aliphatic heterocycles. The number of hydrogen-bond donors (Lipinski definition) is 0. The van der Waals surface area contributed by atoms with E-state index in [-0.39, 0.29) is 11.9 Å². The van der Waals surface area contributed by atoms with E-state index in [0.29, 0.717) is 18.8 Å². The van der Waals surface area contributed by atoms with Gasteiger partial charge in [-0.05, 0) is 51.0 Å². The monoisotopic (exact) mass is 460 g/mol. The largest absolute Gasteiger partial charge is 0.378 e. The number of fused-ring (bicyclic) bond motifs is 1. The van der Waals surface area contributed by atoms with E-state index in [9.17, 15) is 4.79 Å². The molecule has 0 bridgehead atoms. The summed E-state index contributed by atoms with van der Waals surface area (Å²) in [5.74, 6) is 0.839. The highest BCUT2D eigenvalue weighted by atomic mass is 16.5. The van der Waals surface area contributed by atoms with Gasteiger partial charge < -0.3 is 19.4 Å². The molecular weight excluding hydrogens is 428 g/mol. The summed E-state index contributed by atoms with van der Waals surface area (Å²) >= 11 is 0. The van der Waals surface area contributed by atoms with Crippen LogP contribution in [0.5, 0.6) is 0 Å². The Balaban J connectivity index is 1.64. The Hall–Kier alpha value is -3.26. The van der Waals surface area contributed by atoms with Crippen LogP contribution in [0.25, 0.3) is 11.0 Å². The number of carbonyl (C=O) groups is 1. The number of benzene rings is 1. The Kier molecular flexibility index (Phi) is 6.08. The van der Waals surface area contributed by atoms with E-state index >= 15 is 0 Å². The van der Waals surface area contributed by atoms with Crippen molar-refractivity contribution in [3.63, 3.8) is 0 Å². The molecule has 1 atom stereocenters. The lowest BCUT2D eigenvalue weighted by Gasteiger charge is -2.30. The summed E-state index contributed by atoms with van der Waals surface area (Å²) in [6, 6.07) is 8.32. The maximum Gasteiger partial charge on any atom is 0.253 e. The fourth-order valence-corrected chi connectivity index (χ4v) is 5.09. The highest BCUT2D eigenvalue weighted by Crippen LogP contribution is 2.39. The molecule has 2 fully saturated rings. The molecule has 8 nitrogen and oxygen atoms in total. The van der Waals surface area contributed by atoms with E-state index in [0.717, 1.165) is 66.3 Å². The summed E-state index contributed by atoms with van der Waals surface area (Å²) in [6.07, 6.45) is 3.90. The number of nitrogens with zero attached hydrogens (tertiary/aromatic N) is 6. The van der Waals surface area contributed by atoms with Gasteiger partial charge >= 0.3 is 0 Å². The molecule has 4 heterocycles. The number of aryl methyl sites for hydroxylation is 2. The van der Waals surface area contributed by atoms with Crippen LogP contribution in [0.15, 0.2) is 30.5 Å². The van der Waals surface area contributed by atoms with E-state index < -0.39 is 0 Å². The first-order valence-corrected chi connectivity index (χ1v) is 12.0. The van der Waals surface area contributed by atoms with Crippen molar-refractivity contribution in [1.29, 1.82) is 0 Å². The molecule has 0 spiro atoms. The van der Waals surface area contributed by atoms with Crippen molar-refractivity contribution in [2.24, 2.45) is 0 Å². The van der Waals surface area contributed by atoms with Crippen LogP contribution in [0.2, 0.25) is 0 Å². The molecule has 2 aromatic heterocycles. The second-order valence-electron chi connectivity index (χ2n) is 9.42. The van der Waals surface area contributed by atoms with Gasteiger partial charge in [0, 0.05) is 61.9 Å². The fraction of sp³-hybridized carbons (Fsp3) is 0.462. The number of amides is 1. The molecule has 0 saturated carbocycles. The Morgan fingerprint density at radius 3 is 2.47 bits per heavy atom. The molecule has 0 N–H and O–H groups in total. The molecule has 178 valence electrons. The van der Waals surface area contributed by atoms with Crippen LogP contribution in [-0.4, -0.2) is 72.7 Å². The van der Waals surface area contributed by atoms with Crippen molar-refractivity contribution < 1.29 is 9.53 Å². The van der Waals surface area contributed by atoms with Crippen LogP contribution in [0.4, 0.5) is 11.5 Å². The Labute approximate surface area is 200 Å². The second kappa shape index (κ2) is 9.18. The molecular formula is C26H32N6O2. The van der Waals surface area contributed by atoms with Gasteiger partial charge in [-0.3, -0.25) is 14.8 Å². The van der Waals surface area contributed by atoms with Crippen molar-refractivity contribution in [3.05, 3.63) is 53.0 Å². The summed E-state index contributed by atoms with van der Waals surface area (Å²) in [7, 11) is 3.56. The molecule has 2 aliphatic rings. The summed E-state index contributed by atoms with van der Waals surface area (Å²) in [6.45, 7) is 8.02. The van der Waals surface area contributed by atoms with Gasteiger partial charge in [0.15, 0.2) is 0 Å². The van der Waals surface area contributed by atoms with Gasteiger partial charge in [0.1, 0.15) is 5.82 Å². The SMILES string of the molecule is Cc1cc(N2CCCC2c2cc(C(=O)N(C)C)cc3ncc(N4CCOCC4)nc23)cc(C)n1. The minimum absolute atomic E-state index is 0.0256. The molecule has 2 saturated heterocycles. The lowest BCUT2D eigenvalue weighted by atomic mass is 9.98. The summed E-state index contributed by atoms with van der Waals surface area (Å²) in [4.78, 5) is 33.6. The first-order chi connectivity index (χ1) is 16.4. The van der Waals surface area contributed by atoms with Gasteiger partial charge in [0.05, 0.1) is 36.5 Å². The first-order valence-electron chi connectivity index (χ1n) is 12.0. The normalized spacial score (nSPS) is 18.5. The van der Waals surface area contributed by atoms with Gasteiger partial charge in [0.2, 0.25) is 0 Å². The van der Waals surface area contributed by atoms with Crippen LogP contribution in [0, 0.1) is 13.8 Å². The first kappa shape index (κ1) is 22.5. The predicted molar refractivity (Wildman–Crippen MR) is 134 cm³/mol. The number of pyridine rings is 1. The van der Waals surface area contributed by atoms with Crippen LogP contribution in [0.3, 0.4) is 0 Å². The van der Waals surface area contributed by atoms with E-state index in [1.54, 1.807) is 19.0 Å². The Morgan fingerprint density at radius 1 is 1.03 bits per heavy atom. The average molecular weight is 461 g/mol. The maximum absolute atomic E-state index is 12.9. The fourth-order valence-electron chi connectivity index (χ4n) is 5.09. The van der Waals surface area contributed by atoms with Crippen molar-refractivity contribution in [2.75, 3.05) is 56.7 Å². The third kappa shape index (κ3) is 4.30. The summed E-state index contributed by atoms with van der Waals surface area (Å²) in [5.41, 5.74) is 6.53. The highest BCUT2D eigenvalue weighted by Gasteiger charge is 2.30. The lowest BCUT2D eigenvalue weighted by Crippen LogP contribution is -2.36. The number of ether oxygens (including phenoxy) is 1. The zero-order chi connectivity index (χ0) is 23.8. The molecule has 1 aromatic carbocycles. The number of carbonyl (C=O) groups excluding carboxylic acids is 1. The number of anilines is 2. The third-order valence-corrected chi connectivity index (χ3v) is 6.66. The summed E-state index contributed by atoms with van der Waals surface area (Å²) in [5, 5.41) is 0. The minimum atomic E-state index is -0.0256. The lowest BCUT2D eigenvalue weighted by molar-refractivity contribution is 0.0827. The van der Waals surface area contributed by atoms with Crippen molar-refractivity contribution in [3.8, 4) is 0 Å². The van der Waals surface area contributed by atoms with Gasteiger partial charge in [-0.1, -0.05) is 0 Å². The van der Waals surface area contributed by atoms with Crippen LogP contribution in [0.1, 0.15) is 46.2 Å². The number of morpholine rings is 1. The molecule has 34 heavy (non-hydrogen) atoms. The highest BCUT2D eigenvalue weighted by molar-refractivity contribution is 5.98. The van der Waals surface area contributed by atoms with E-state index in [1.807, 2.05) is 32.2 Å². The van der Waals surface area contributed by atoms with Crippen molar-refractivity contribution in [1.82, 2.24) is 19.9 Å². The molecule has 1 unspecified atom stereocenters. The number of hydrogen-bond acceptors (Lipinski definition) is 7. The van der Waals surface area contributed by atoms with E-state index in [2.05, 4.69) is 26.9 Å². The van der Waals surface area contributed by atoms with Gasteiger partial charge in [-0.15, -0.1) is 0 Å². The number of rotatable bonds is 4. The average Bonchev–Trinajstić information content (AvgIpc) is 3.32. The Morgan fingerprint density at radius 2 is 1.76 bits per heavy atom. The maximum atomic E-state index is 12.9. The topological polar surface area (TPSA) is 74.7 Å². The van der Waals surface area contributed by atoms with Crippen LogP contribution in [-0.2, 0) is 4.74 Å². The molecule has 5 rings (SSSR count). The molecule has 3 aromatic rings.